The summed E-state index contributed by atoms with van der Waals surface area (Å²) < 4.78 is 59.7. The highest BCUT2D eigenvalue weighted by Gasteiger charge is 2.34. The fourth-order valence-corrected chi connectivity index (χ4v) is 3.25. The Balaban J connectivity index is 0.00000408. The second kappa shape index (κ2) is 11.5. The van der Waals surface area contributed by atoms with Gasteiger partial charge in [-0.3, -0.25) is 9.78 Å². The highest BCUT2D eigenvalue weighted by molar-refractivity contribution is 5.92. The number of aromatic nitrogens is 1. The van der Waals surface area contributed by atoms with E-state index in [-0.39, 0.29) is 30.1 Å². The Kier molecular flexibility index (Phi) is 9.04. The summed E-state index contributed by atoms with van der Waals surface area (Å²) in [6, 6.07) is 6.75. The first-order chi connectivity index (χ1) is 15.7. The van der Waals surface area contributed by atoms with Crippen LogP contribution in [0.2, 0.25) is 0 Å². The fourth-order valence-electron chi connectivity index (χ4n) is 3.25. The fraction of sp³-hybridized carbons (Fsp3) is 0.261. The van der Waals surface area contributed by atoms with Gasteiger partial charge in [0.25, 0.3) is 0 Å². The first kappa shape index (κ1) is 26.7. The normalized spacial score (nSPS) is 12.9. The molecule has 1 aromatic carbocycles. The number of carbonyl (C=O) groups excluding carboxylic acids is 1. The summed E-state index contributed by atoms with van der Waals surface area (Å²) in [5.74, 6) is -0.700. The molecule has 0 saturated carbocycles. The van der Waals surface area contributed by atoms with Gasteiger partial charge in [0.05, 0.1) is 48.7 Å². The van der Waals surface area contributed by atoms with Gasteiger partial charge in [0.2, 0.25) is 5.91 Å². The van der Waals surface area contributed by atoms with Crippen LogP contribution in [-0.2, 0) is 28.5 Å². The molecule has 1 amide bonds. The zero-order chi connectivity index (χ0) is 24.0. The van der Waals surface area contributed by atoms with Crippen LogP contribution in [0.15, 0.2) is 48.5 Å². The minimum atomic E-state index is -4.73. The predicted octanol–water partition coefficient (Wildman–Crippen LogP) is 4.77. The second-order valence-electron chi connectivity index (χ2n) is 7.11. The average molecular weight is 497 g/mol. The Hall–Kier alpha value is -3.58. The molecule has 0 saturated heterocycles. The van der Waals surface area contributed by atoms with Crippen LogP contribution in [-0.4, -0.2) is 24.0 Å². The summed E-state index contributed by atoms with van der Waals surface area (Å²) in [5.41, 5.74) is -0.225. The van der Waals surface area contributed by atoms with Gasteiger partial charge >= 0.3 is 6.18 Å². The molecule has 11 heteroatoms. The maximum absolute atomic E-state index is 14.6. The molecule has 2 aromatic rings. The molecule has 0 atom stereocenters. The topological polar surface area (TPSA) is 87.0 Å². The summed E-state index contributed by atoms with van der Waals surface area (Å²) in [7, 11) is 0. The van der Waals surface area contributed by atoms with Gasteiger partial charge in [-0.05, 0) is 41.8 Å². The largest absolute Gasteiger partial charge is 0.492 e. The van der Waals surface area contributed by atoms with Crippen LogP contribution in [0.1, 0.15) is 29.3 Å². The Labute approximate surface area is 199 Å². The summed E-state index contributed by atoms with van der Waals surface area (Å²) >= 11 is 0. The van der Waals surface area contributed by atoms with Crippen molar-refractivity contribution in [1.82, 2.24) is 10.3 Å². The number of benzene rings is 1. The molecule has 0 aliphatic carbocycles. The highest BCUT2D eigenvalue weighted by Crippen LogP contribution is 2.33. The highest BCUT2D eigenvalue weighted by atomic mass is 35.5. The van der Waals surface area contributed by atoms with E-state index in [9.17, 15) is 22.4 Å². The Morgan fingerprint density at radius 1 is 1.32 bits per heavy atom. The number of hydrogen-bond acceptors (Lipinski definition) is 5. The summed E-state index contributed by atoms with van der Waals surface area (Å²) in [5, 5.41) is 14.0. The number of nitrogens with zero attached hydrogens (tertiary/aromatic N) is 2. The Morgan fingerprint density at radius 3 is 2.74 bits per heavy atom. The molecule has 1 aliphatic heterocycles. The minimum absolute atomic E-state index is 0. The van der Waals surface area contributed by atoms with E-state index in [0.29, 0.717) is 30.5 Å². The van der Waals surface area contributed by atoms with E-state index in [2.05, 4.69) is 15.6 Å². The Morgan fingerprint density at radius 2 is 2.09 bits per heavy atom. The number of dihydropyridines is 1. The number of nitriles is 1. The van der Waals surface area contributed by atoms with Gasteiger partial charge in [-0.15, -0.1) is 12.4 Å². The van der Waals surface area contributed by atoms with E-state index in [4.69, 9.17) is 10.00 Å². The molecule has 6 nitrogen and oxygen atoms in total. The molecule has 180 valence electrons. The van der Waals surface area contributed by atoms with Crippen molar-refractivity contribution in [3.63, 3.8) is 0 Å². The van der Waals surface area contributed by atoms with E-state index < -0.39 is 35.6 Å². The molecule has 3 rings (SSSR count). The van der Waals surface area contributed by atoms with E-state index in [0.717, 1.165) is 11.8 Å². The molecule has 0 bridgehead atoms. The lowest BCUT2D eigenvalue weighted by atomic mass is 10.0. The number of ether oxygens (including phenoxy) is 1. The van der Waals surface area contributed by atoms with Crippen molar-refractivity contribution in [2.75, 3.05) is 18.5 Å². The van der Waals surface area contributed by atoms with Crippen LogP contribution in [0.25, 0.3) is 5.57 Å². The molecular weight excluding hydrogens is 476 g/mol. The van der Waals surface area contributed by atoms with Crippen molar-refractivity contribution in [1.29, 1.82) is 5.26 Å². The lowest BCUT2D eigenvalue weighted by Gasteiger charge is -2.16. The van der Waals surface area contributed by atoms with Crippen LogP contribution in [0.3, 0.4) is 0 Å². The maximum atomic E-state index is 14.6. The van der Waals surface area contributed by atoms with Crippen molar-refractivity contribution < 1.29 is 27.1 Å². The van der Waals surface area contributed by atoms with Gasteiger partial charge < -0.3 is 15.4 Å². The molecule has 2 N–H and O–H groups in total. The number of rotatable bonds is 7. The van der Waals surface area contributed by atoms with Gasteiger partial charge in [-0.25, -0.2) is 4.39 Å². The zero-order valence-electron chi connectivity index (χ0n) is 18.0. The van der Waals surface area contributed by atoms with Crippen LogP contribution < -0.4 is 10.6 Å². The average Bonchev–Trinajstić information content (AvgIpc) is 2.76. The predicted molar refractivity (Wildman–Crippen MR) is 120 cm³/mol. The van der Waals surface area contributed by atoms with Crippen molar-refractivity contribution in [3.8, 4) is 6.07 Å². The first-order valence-electron chi connectivity index (χ1n) is 10.00. The van der Waals surface area contributed by atoms with E-state index in [1.54, 1.807) is 24.4 Å². The molecule has 0 unspecified atom stereocenters. The van der Waals surface area contributed by atoms with Gasteiger partial charge in [0, 0.05) is 12.7 Å². The molecule has 0 spiro atoms. The van der Waals surface area contributed by atoms with Crippen molar-refractivity contribution >= 4 is 29.6 Å². The van der Waals surface area contributed by atoms with E-state index in [1.807, 2.05) is 6.92 Å². The summed E-state index contributed by atoms with van der Waals surface area (Å²) in [4.78, 5) is 16.0. The number of nitrogens with one attached hydrogen (secondary N) is 2. The molecule has 2 heterocycles. The molecular formula is C23H21ClF4N4O2. The number of carbonyl (C=O) groups is 1. The molecule has 34 heavy (non-hydrogen) atoms. The number of pyridine rings is 1. The number of halogens is 5. The van der Waals surface area contributed by atoms with Gasteiger partial charge in [-0.1, -0.05) is 12.1 Å². The summed E-state index contributed by atoms with van der Waals surface area (Å²) in [6.07, 6.45) is -1.09. The number of alkyl halides is 3. The van der Waals surface area contributed by atoms with Crippen LogP contribution >= 0.6 is 12.4 Å². The SMILES string of the molecule is CCOC1=CNCC(c2ccc(CC(=O)Nc3cnc(CC#N)c(C(F)(F)F)c3)c(F)c2)=C1.Cl. The smallest absolute Gasteiger partial charge is 0.418 e. The maximum Gasteiger partial charge on any atom is 0.418 e. The van der Waals surface area contributed by atoms with Crippen molar-refractivity contribution in [2.45, 2.75) is 25.9 Å². The molecule has 1 aromatic heterocycles. The van der Waals surface area contributed by atoms with Crippen LogP contribution in [0.4, 0.5) is 23.2 Å². The number of amides is 1. The van der Waals surface area contributed by atoms with Gasteiger partial charge in [0.1, 0.15) is 11.6 Å². The van der Waals surface area contributed by atoms with Gasteiger partial charge in [-0.2, -0.15) is 18.4 Å². The quantitative estimate of drug-likeness (QED) is 0.539. The molecule has 1 aliphatic rings. The standard InChI is InChI=1S/C23H20F4N4O2.ClH/c1-2-33-18-7-16(11-29-13-18)14-3-4-15(20(24)8-14)9-22(32)31-17-10-19(23(25,26)27)21(5-6-28)30-12-17;/h3-4,7-8,10,12-13,29H,2,5,9,11H2,1H3,(H,31,32);1H. The van der Waals surface area contributed by atoms with E-state index in [1.165, 1.54) is 12.1 Å². The summed E-state index contributed by atoms with van der Waals surface area (Å²) in [6.45, 7) is 2.82. The molecule has 0 fully saturated rings. The third-order valence-corrected chi connectivity index (χ3v) is 4.75. The lowest BCUT2D eigenvalue weighted by molar-refractivity contribution is -0.138. The zero-order valence-corrected chi connectivity index (χ0v) is 18.8. The minimum Gasteiger partial charge on any atom is -0.492 e. The van der Waals surface area contributed by atoms with Crippen molar-refractivity contribution in [3.05, 3.63) is 76.7 Å². The molecule has 0 radical (unpaired) electrons. The van der Waals surface area contributed by atoms with E-state index >= 15 is 0 Å². The van der Waals surface area contributed by atoms with Crippen LogP contribution in [0, 0.1) is 17.1 Å². The van der Waals surface area contributed by atoms with Gasteiger partial charge in [0.15, 0.2) is 0 Å². The Bertz CT molecular complexity index is 1160. The van der Waals surface area contributed by atoms with Crippen molar-refractivity contribution in [2.24, 2.45) is 0 Å². The second-order valence-corrected chi connectivity index (χ2v) is 7.11. The van der Waals surface area contributed by atoms with Crippen LogP contribution in [0.5, 0.6) is 0 Å². The third-order valence-electron chi connectivity index (χ3n) is 4.75. The monoisotopic (exact) mass is 496 g/mol. The lowest BCUT2D eigenvalue weighted by Crippen LogP contribution is -2.18. The number of hydrogen-bond donors (Lipinski definition) is 2. The number of allylic oxidation sites excluding steroid dienone is 1. The first-order valence-corrected chi connectivity index (χ1v) is 10.00. The third kappa shape index (κ3) is 6.71. The number of anilines is 1.